The number of sulfonamides is 1. The van der Waals surface area contributed by atoms with E-state index in [1.54, 1.807) is 24.3 Å². The fourth-order valence-electron chi connectivity index (χ4n) is 3.90. The summed E-state index contributed by atoms with van der Waals surface area (Å²) in [4.78, 5) is 12.2. The maximum Gasteiger partial charge on any atom is 0.243 e. The highest BCUT2D eigenvalue weighted by Crippen LogP contribution is 2.31. The van der Waals surface area contributed by atoms with Gasteiger partial charge in [0.1, 0.15) is 5.69 Å². The normalized spacial score (nSPS) is 15.2. The molecule has 0 N–H and O–H groups in total. The van der Waals surface area contributed by atoms with E-state index in [2.05, 4.69) is 4.90 Å². The number of para-hydroxylation sites is 2. The molecule has 1 aliphatic heterocycles. The van der Waals surface area contributed by atoms with Crippen LogP contribution in [0.5, 0.6) is 0 Å². The highest BCUT2D eigenvalue weighted by Gasteiger charge is 2.30. The zero-order valence-electron chi connectivity index (χ0n) is 17.2. The van der Waals surface area contributed by atoms with Crippen molar-refractivity contribution < 1.29 is 8.42 Å². The average Bonchev–Trinajstić information content (AvgIpc) is 2.84. The van der Waals surface area contributed by atoms with Crippen molar-refractivity contribution in [3.63, 3.8) is 0 Å². The number of piperazine rings is 1. The minimum absolute atomic E-state index is 0.255. The van der Waals surface area contributed by atoms with Crippen LogP contribution in [0.25, 0.3) is 22.3 Å². The van der Waals surface area contributed by atoms with Gasteiger partial charge in [0.15, 0.2) is 5.82 Å². The molecule has 3 aromatic carbocycles. The predicted molar refractivity (Wildman–Crippen MR) is 127 cm³/mol. The van der Waals surface area contributed by atoms with Crippen molar-refractivity contribution >= 4 is 38.5 Å². The lowest BCUT2D eigenvalue weighted by atomic mass is 10.1. The van der Waals surface area contributed by atoms with Crippen molar-refractivity contribution in [2.45, 2.75) is 4.90 Å². The molecule has 8 heteroatoms. The first-order valence-electron chi connectivity index (χ1n) is 10.4. The number of anilines is 1. The van der Waals surface area contributed by atoms with Crippen molar-refractivity contribution in [3.05, 3.63) is 83.9 Å². The summed E-state index contributed by atoms with van der Waals surface area (Å²) in [7, 11) is -3.57. The number of benzene rings is 3. The van der Waals surface area contributed by atoms with E-state index in [0.717, 1.165) is 28.1 Å². The molecule has 0 unspecified atom stereocenters. The van der Waals surface area contributed by atoms with E-state index in [1.165, 1.54) is 4.31 Å². The molecule has 4 aromatic rings. The van der Waals surface area contributed by atoms with Gasteiger partial charge in [-0.15, -0.1) is 0 Å². The summed E-state index contributed by atoms with van der Waals surface area (Å²) in [5.41, 5.74) is 3.44. The van der Waals surface area contributed by atoms with Crippen LogP contribution in [-0.2, 0) is 10.0 Å². The fraction of sp³-hybridized carbons (Fsp3) is 0.167. The van der Waals surface area contributed by atoms with Gasteiger partial charge in [-0.3, -0.25) is 0 Å². The van der Waals surface area contributed by atoms with Gasteiger partial charge in [-0.2, -0.15) is 4.31 Å². The van der Waals surface area contributed by atoms with Gasteiger partial charge in [0.2, 0.25) is 10.0 Å². The molecule has 32 heavy (non-hydrogen) atoms. The van der Waals surface area contributed by atoms with Gasteiger partial charge >= 0.3 is 0 Å². The van der Waals surface area contributed by atoms with Crippen LogP contribution in [0.15, 0.2) is 83.8 Å². The largest absolute Gasteiger partial charge is 0.352 e. The zero-order chi connectivity index (χ0) is 22.1. The second-order valence-corrected chi connectivity index (χ2v) is 9.97. The van der Waals surface area contributed by atoms with Gasteiger partial charge < -0.3 is 4.90 Å². The second kappa shape index (κ2) is 8.50. The van der Waals surface area contributed by atoms with Crippen LogP contribution >= 0.6 is 11.6 Å². The highest BCUT2D eigenvalue weighted by atomic mass is 35.5. The third-order valence-electron chi connectivity index (χ3n) is 5.59. The highest BCUT2D eigenvalue weighted by molar-refractivity contribution is 7.89. The maximum atomic E-state index is 13.0. The number of hydrogen-bond donors (Lipinski definition) is 0. The lowest BCUT2D eigenvalue weighted by Crippen LogP contribution is -2.49. The predicted octanol–water partition coefficient (Wildman–Crippen LogP) is 4.46. The van der Waals surface area contributed by atoms with E-state index in [-0.39, 0.29) is 4.90 Å². The minimum atomic E-state index is -3.57. The van der Waals surface area contributed by atoms with E-state index in [4.69, 9.17) is 21.6 Å². The Balaban J connectivity index is 1.45. The SMILES string of the molecule is O=S(=O)(c1ccc(Cl)cc1)N1CCN(c2nc3ccccc3nc2-c2ccccc2)CC1. The summed E-state index contributed by atoms with van der Waals surface area (Å²) in [6.07, 6.45) is 0. The molecule has 0 radical (unpaired) electrons. The first-order chi connectivity index (χ1) is 15.5. The lowest BCUT2D eigenvalue weighted by Gasteiger charge is -2.35. The molecule has 0 atom stereocenters. The lowest BCUT2D eigenvalue weighted by molar-refractivity contribution is 0.384. The first kappa shape index (κ1) is 20.9. The van der Waals surface area contributed by atoms with Crippen molar-refractivity contribution in [2.75, 3.05) is 31.1 Å². The van der Waals surface area contributed by atoms with Crippen LogP contribution < -0.4 is 4.90 Å². The average molecular weight is 465 g/mol. The third kappa shape index (κ3) is 3.95. The Morgan fingerprint density at radius 1 is 0.719 bits per heavy atom. The summed E-state index contributed by atoms with van der Waals surface area (Å²) in [6, 6.07) is 24.1. The Morgan fingerprint density at radius 3 is 1.97 bits per heavy atom. The number of halogens is 1. The molecule has 2 heterocycles. The fourth-order valence-corrected chi connectivity index (χ4v) is 5.44. The molecule has 6 nitrogen and oxygen atoms in total. The van der Waals surface area contributed by atoms with Gasteiger partial charge in [-0.05, 0) is 36.4 Å². The van der Waals surface area contributed by atoms with Gasteiger partial charge in [-0.25, -0.2) is 18.4 Å². The Morgan fingerprint density at radius 2 is 1.31 bits per heavy atom. The summed E-state index contributed by atoms with van der Waals surface area (Å²) in [5.74, 6) is 0.776. The van der Waals surface area contributed by atoms with Gasteiger partial charge in [-0.1, -0.05) is 54.1 Å². The topological polar surface area (TPSA) is 66.4 Å². The molecular weight excluding hydrogens is 444 g/mol. The summed E-state index contributed by atoms with van der Waals surface area (Å²) in [6.45, 7) is 1.79. The number of hydrogen-bond acceptors (Lipinski definition) is 5. The monoisotopic (exact) mass is 464 g/mol. The Kier molecular flexibility index (Phi) is 5.55. The Hall–Kier alpha value is -3.00. The van der Waals surface area contributed by atoms with Crippen molar-refractivity contribution in [2.24, 2.45) is 0 Å². The standard InChI is InChI=1S/C24H21ClN4O2S/c25-19-10-12-20(13-11-19)32(30,31)29-16-14-28(15-17-29)24-23(18-6-2-1-3-7-18)26-21-8-4-5-9-22(21)27-24/h1-13H,14-17H2. The summed E-state index contributed by atoms with van der Waals surface area (Å²) >= 11 is 5.91. The van der Waals surface area contributed by atoms with Crippen LogP contribution in [-0.4, -0.2) is 48.9 Å². The first-order valence-corrected chi connectivity index (χ1v) is 12.2. The Labute approximate surface area is 192 Å². The molecule has 1 saturated heterocycles. The van der Waals surface area contributed by atoms with E-state index < -0.39 is 10.0 Å². The van der Waals surface area contributed by atoms with Gasteiger partial charge in [0.05, 0.1) is 15.9 Å². The smallest absolute Gasteiger partial charge is 0.243 e. The number of aromatic nitrogens is 2. The number of rotatable bonds is 4. The minimum Gasteiger partial charge on any atom is -0.352 e. The number of nitrogens with zero attached hydrogens (tertiary/aromatic N) is 4. The van der Waals surface area contributed by atoms with Gasteiger partial charge in [0.25, 0.3) is 0 Å². The Bertz CT molecular complexity index is 1350. The van der Waals surface area contributed by atoms with Crippen LogP contribution in [0, 0.1) is 0 Å². The molecule has 0 bridgehead atoms. The zero-order valence-corrected chi connectivity index (χ0v) is 18.8. The summed E-state index contributed by atoms with van der Waals surface area (Å²) < 4.78 is 27.6. The molecule has 1 fully saturated rings. The van der Waals surface area contributed by atoms with Crippen LogP contribution in [0.1, 0.15) is 0 Å². The van der Waals surface area contributed by atoms with Crippen LogP contribution in [0.3, 0.4) is 0 Å². The third-order valence-corrected chi connectivity index (χ3v) is 7.75. The van der Waals surface area contributed by atoms with Gasteiger partial charge in [0, 0.05) is 36.8 Å². The van der Waals surface area contributed by atoms with Crippen molar-refractivity contribution in [3.8, 4) is 11.3 Å². The summed E-state index contributed by atoms with van der Waals surface area (Å²) in [5, 5.41) is 0.511. The molecule has 0 spiro atoms. The van der Waals surface area contributed by atoms with E-state index in [1.807, 2.05) is 54.6 Å². The van der Waals surface area contributed by atoms with Crippen LogP contribution in [0.4, 0.5) is 5.82 Å². The molecule has 1 aliphatic rings. The molecule has 162 valence electrons. The molecular formula is C24H21ClN4O2S. The quantitative estimate of drug-likeness (QED) is 0.446. The van der Waals surface area contributed by atoms with Crippen molar-refractivity contribution in [1.29, 1.82) is 0 Å². The molecule has 0 saturated carbocycles. The molecule has 0 aliphatic carbocycles. The van der Waals surface area contributed by atoms with Crippen molar-refractivity contribution in [1.82, 2.24) is 14.3 Å². The van der Waals surface area contributed by atoms with Crippen LogP contribution in [0.2, 0.25) is 5.02 Å². The molecule has 0 amide bonds. The van der Waals surface area contributed by atoms with E-state index in [9.17, 15) is 8.42 Å². The van der Waals surface area contributed by atoms with E-state index in [0.29, 0.717) is 31.2 Å². The number of fused-ring (bicyclic) bond motifs is 1. The molecule has 5 rings (SSSR count). The maximum absolute atomic E-state index is 13.0. The van der Waals surface area contributed by atoms with E-state index >= 15 is 0 Å². The molecule has 1 aromatic heterocycles. The second-order valence-electron chi connectivity index (χ2n) is 7.60.